The molecule has 0 aliphatic heterocycles. The van der Waals surface area contributed by atoms with Crippen LogP contribution in [0.5, 0.6) is 5.75 Å². The van der Waals surface area contributed by atoms with E-state index in [2.05, 4.69) is 27.7 Å². The van der Waals surface area contributed by atoms with Crippen molar-refractivity contribution in [3.63, 3.8) is 0 Å². The third kappa shape index (κ3) is 26.9. The minimum absolute atomic E-state index is 0.0897. The highest BCUT2D eigenvalue weighted by Gasteiger charge is 2.41. The Hall–Kier alpha value is -3.17. The van der Waals surface area contributed by atoms with Crippen molar-refractivity contribution in [2.24, 2.45) is 17.3 Å². The maximum atomic E-state index is 13.6. The number of ether oxygens (including phenoxy) is 2. The molecule has 0 saturated carbocycles. The lowest BCUT2D eigenvalue weighted by molar-refractivity contribution is -0.384. The van der Waals surface area contributed by atoms with E-state index in [1.807, 2.05) is 0 Å². The number of carboxylic acid groups (broad SMARTS) is 2. The molecule has 0 fully saturated rings. The average Bonchev–Trinajstić information content (AvgIpc) is 3.22. The molecule has 0 bridgehead atoms. The molecule has 1 aromatic rings. The van der Waals surface area contributed by atoms with Gasteiger partial charge in [-0.3, -0.25) is 19.7 Å². The van der Waals surface area contributed by atoms with Gasteiger partial charge in [0.15, 0.2) is 0 Å². The van der Waals surface area contributed by atoms with Gasteiger partial charge in [0.1, 0.15) is 11.9 Å². The summed E-state index contributed by atoms with van der Waals surface area (Å²) in [6.07, 6.45) is 31.9. The van der Waals surface area contributed by atoms with Crippen LogP contribution in [-0.2, 0) is 14.3 Å². The number of carbonyl (C=O) groups excluding carboxylic acids is 1. The molecule has 346 valence electrons. The molecule has 10 heteroatoms. The van der Waals surface area contributed by atoms with Gasteiger partial charge in [-0.05, 0) is 75.3 Å². The van der Waals surface area contributed by atoms with Crippen LogP contribution >= 0.6 is 0 Å². The standard InChI is InChI=1S/C50H87NO9/c1-5-9-13-22-30-42(28-11-7-3)40-50(48(54)55,41-43(29-12-8-4)31-23-14-10-6-2)39-27-21-17-19-25-33-45(32-24-18-15-16-20-26-34-47(52)53)59-49(56)60-46-37-35-44(36-38-46)51(57)58/h35-38,42-43,45H,5-34,39-41H2,1-4H3,(H,52,53)(H,54,55). The zero-order chi connectivity index (χ0) is 44.3. The van der Waals surface area contributed by atoms with E-state index in [0.29, 0.717) is 31.1 Å². The van der Waals surface area contributed by atoms with E-state index in [1.165, 1.54) is 88.5 Å². The van der Waals surface area contributed by atoms with Gasteiger partial charge in [-0.1, -0.05) is 182 Å². The van der Waals surface area contributed by atoms with Crippen LogP contribution in [-0.4, -0.2) is 39.3 Å². The lowest BCUT2D eigenvalue weighted by Crippen LogP contribution is -2.36. The number of nitrogens with zero attached hydrogens (tertiary/aromatic N) is 1. The Labute approximate surface area is 364 Å². The molecule has 0 aromatic heterocycles. The molecule has 2 N–H and O–H groups in total. The molecule has 1 rings (SSSR count). The molecule has 0 aliphatic rings. The third-order valence-corrected chi connectivity index (χ3v) is 12.5. The summed E-state index contributed by atoms with van der Waals surface area (Å²) >= 11 is 0. The maximum Gasteiger partial charge on any atom is 0.514 e. The number of carboxylic acids is 2. The number of hydrogen-bond donors (Lipinski definition) is 2. The Morgan fingerprint density at radius 3 is 1.45 bits per heavy atom. The first-order valence-electron chi connectivity index (χ1n) is 24.6. The highest BCUT2D eigenvalue weighted by Crippen LogP contribution is 2.44. The van der Waals surface area contributed by atoms with Gasteiger partial charge in [-0.2, -0.15) is 0 Å². The van der Waals surface area contributed by atoms with Crippen molar-refractivity contribution >= 4 is 23.8 Å². The SMILES string of the molecule is CCCCCCC(CCCC)CC(CCCCCCCC(CCCCCCCCC(=O)O)OC(=O)Oc1ccc([N+](=O)[O-])cc1)(CC(CCCC)CCCCCC)C(=O)O. The molecule has 0 radical (unpaired) electrons. The van der Waals surface area contributed by atoms with Gasteiger partial charge in [0.25, 0.3) is 5.69 Å². The van der Waals surface area contributed by atoms with E-state index in [-0.39, 0.29) is 24.0 Å². The number of carbonyl (C=O) groups is 3. The second-order valence-electron chi connectivity index (χ2n) is 17.9. The van der Waals surface area contributed by atoms with Crippen molar-refractivity contribution in [3.05, 3.63) is 34.4 Å². The molecule has 0 aliphatic carbocycles. The van der Waals surface area contributed by atoms with E-state index in [4.69, 9.17) is 14.6 Å². The summed E-state index contributed by atoms with van der Waals surface area (Å²) in [5.41, 5.74) is -0.765. The second kappa shape index (κ2) is 35.4. The van der Waals surface area contributed by atoms with E-state index in [1.54, 1.807) is 0 Å². The summed E-state index contributed by atoms with van der Waals surface area (Å²) in [7, 11) is 0. The molecule has 3 atom stereocenters. The molecule has 0 heterocycles. The summed E-state index contributed by atoms with van der Waals surface area (Å²) in [5.74, 6) is -0.225. The van der Waals surface area contributed by atoms with Crippen LogP contribution in [0, 0.1) is 27.4 Å². The number of rotatable bonds is 41. The van der Waals surface area contributed by atoms with Crippen molar-refractivity contribution < 1.29 is 39.0 Å². The summed E-state index contributed by atoms with van der Waals surface area (Å²) in [6.45, 7) is 8.98. The molecule has 3 unspecified atom stereocenters. The molecular weight excluding hydrogens is 759 g/mol. The predicted octanol–water partition coefficient (Wildman–Crippen LogP) is 15.8. The first kappa shape index (κ1) is 54.8. The molecular formula is C50H87NO9. The fraction of sp³-hybridized carbons (Fsp3) is 0.820. The van der Waals surface area contributed by atoms with Crippen LogP contribution in [0.1, 0.15) is 240 Å². The minimum atomic E-state index is -0.822. The van der Waals surface area contributed by atoms with Crippen LogP contribution in [0.4, 0.5) is 10.5 Å². The summed E-state index contributed by atoms with van der Waals surface area (Å²) in [6, 6.07) is 5.34. The average molecular weight is 846 g/mol. The second-order valence-corrected chi connectivity index (χ2v) is 17.9. The van der Waals surface area contributed by atoms with Gasteiger partial charge in [-0.25, -0.2) is 4.79 Å². The zero-order valence-corrected chi connectivity index (χ0v) is 38.6. The summed E-state index contributed by atoms with van der Waals surface area (Å²) in [5, 5.41) is 31.1. The number of hydrogen-bond acceptors (Lipinski definition) is 7. The van der Waals surface area contributed by atoms with Crippen molar-refractivity contribution in [1.82, 2.24) is 0 Å². The van der Waals surface area contributed by atoms with Gasteiger partial charge in [0, 0.05) is 18.6 Å². The van der Waals surface area contributed by atoms with Crippen molar-refractivity contribution in [2.45, 2.75) is 246 Å². The normalized spacial score (nSPS) is 13.9. The van der Waals surface area contributed by atoms with Crippen LogP contribution in [0.25, 0.3) is 0 Å². The Balaban J connectivity index is 2.94. The monoisotopic (exact) mass is 846 g/mol. The predicted molar refractivity (Wildman–Crippen MR) is 244 cm³/mol. The fourth-order valence-electron chi connectivity index (χ4n) is 8.95. The van der Waals surface area contributed by atoms with Gasteiger partial charge in [-0.15, -0.1) is 0 Å². The Morgan fingerprint density at radius 1 is 0.583 bits per heavy atom. The number of non-ortho nitro benzene ring substituents is 1. The summed E-state index contributed by atoms with van der Waals surface area (Å²) < 4.78 is 11.2. The third-order valence-electron chi connectivity index (χ3n) is 12.5. The number of benzene rings is 1. The zero-order valence-electron chi connectivity index (χ0n) is 38.6. The number of aliphatic carboxylic acids is 2. The van der Waals surface area contributed by atoms with Crippen molar-refractivity contribution in [3.8, 4) is 5.75 Å². The Bertz CT molecular complexity index is 1230. The molecule has 60 heavy (non-hydrogen) atoms. The molecule has 0 spiro atoms. The van der Waals surface area contributed by atoms with Crippen molar-refractivity contribution in [1.29, 1.82) is 0 Å². The van der Waals surface area contributed by atoms with E-state index in [0.717, 1.165) is 122 Å². The van der Waals surface area contributed by atoms with E-state index < -0.39 is 28.4 Å². The molecule has 0 saturated heterocycles. The maximum absolute atomic E-state index is 13.6. The molecule has 1 aromatic carbocycles. The molecule has 0 amide bonds. The van der Waals surface area contributed by atoms with Crippen LogP contribution in [0.3, 0.4) is 0 Å². The largest absolute Gasteiger partial charge is 0.514 e. The van der Waals surface area contributed by atoms with Gasteiger partial charge in [0.2, 0.25) is 0 Å². The van der Waals surface area contributed by atoms with Crippen molar-refractivity contribution in [2.75, 3.05) is 0 Å². The number of nitro benzene ring substituents is 1. The smallest absolute Gasteiger partial charge is 0.481 e. The Kier molecular flexibility index (Phi) is 32.4. The topological polar surface area (TPSA) is 153 Å². The quantitative estimate of drug-likeness (QED) is 0.0215. The van der Waals surface area contributed by atoms with Crippen LogP contribution < -0.4 is 4.74 Å². The highest BCUT2D eigenvalue weighted by molar-refractivity contribution is 5.74. The van der Waals surface area contributed by atoms with Gasteiger partial charge >= 0.3 is 18.1 Å². The lowest BCUT2D eigenvalue weighted by atomic mass is 9.67. The van der Waals surface area contributed by atoms with Crippen LogP contribution in [0.15, 0.2) is 24.3 Å². The van der Waals surface area contributed by atoms with Crippen LogP contribution in [0.2, 0.25) is 0 Å². The van der Waals surface area contributed by atoms with E-state index >= 15 is 0 Å². The van der Waals surface area contributed by atoms with Gasteiger partial charge < -0.3 is 19.7 Å². The fourth-order valence-corrected chi connectivity index (χ4v) is 8.95. The number of nitro groups is 1. The minimum Gasteiger partial charge on any atom is -0.481 e. The lowest BCUT2D eigenvalue weighted by Gasteiger charge is -2.37. The van der Waals surface area contributed by atoms with E-state index in [9.17, 15) is 29.6 Å². The molecule has 10 nitrogen and oxygen atoms in total. The highest BCUT2D eigenvalue weighted by atomic mass is 16.7. The Morgan fingerprint density at radius 2 is 1.00 bits per heavy atom. The van der Waals surface area contributed by atoms with Gasteiger partial charge in [0.05, 0.1) is 10.3 Å². The summed E-state index contributed by atoms with van der Waals surface area (Å²) in [4.78, 5) is 47.7. The first-order chi connectivity index (χ1) is 29.0. The first-order valence-corrected chi connectivity index (χ1v) is 24.6. The number of unbranched alkanes of at least 4 members (excludes halogenated alkanes) is 17.